The number of rotatable bonds is 6. The molecular formula is C27H37N3O5. The van der Waals surface area contributed by atoms with Gasteiger partial charge in [-0.05, 0) is 55.9 Å². The van der Waals surface area contributed by atoms with Crippen molar-refractivity contribution in [3.05, 3.63) is 29.3 Å². The van der Waals surface area contributed by atoms with E-state index in [1.54, 1.807) is 6.07 Å². The molecule has 5 aliphatic rings. The second-order valence-corrected chi connectivity index (χ2v) is 10.7. The van der Waals surface area contributed by atoms with E-state index in [-0.39, 0.29) is 37.0 Å². The maximum absolute atomic E-state index is 12.3. The molecule has 1 aromatic carbocycles. The normalized spacial score (nSPS) is 30.1. The molecule has 4 unspecified atom stereocenters. The van der Waals surface area contributed by atoms with E-state index in [4.69, 9.17) is 4.74 Å². The number of ether oxygens (including phenoxy) is 1. The molecule has 1 aliphatic carbocycles. The highest BCUT2D eigenvalue weighted by atomic mass is 16.5. The summed E-state index contributed by atoms with van der Waals surface area (Å²) in [5.41, 5.74) is 1.18. The second kappa shape index (κ2) is 10.3. The van der Waals surface area contributed by atoms with Crippen molar-refractivity contribution >= 4 is 18.1 Å². The van der Waals surface area contributed by atoms with Crippen LogP contribution in [-0.2, 0) is 20.9 Å². The summed E-state index contributed by atoms with van der Waals surface area (Å²) in [7, 11) is 1.50. The highest BCUT2D eigenvalue weighted by molar-refractivity contribution is 6.01. The average Bonchev–Trinajstić information content (AvgIpc) is 3.67. The van der Waals surface area contributed by atoms with Gasteiger partial charge >= 0.3 is 0 Å². The van der Waals surface area contributed by atoms with E-state index in [0.717, 1.165) is 24.2 Å². The number of phenolic OH excluding ortho intramolecular Hbond substituents is 1. The van der Waals surface area contributed by atoms with Crippen molar-refractivity contribution in [1.29, 1.82) is 0 Å². The number of benzene rings is 1. The van der Waals surface area contributed by atoms with Crippen LogP contribution in [0.15, 0.2) is 18.2 Å². The Bertz CT molecular complexity index is 944. The minimum absolute atomic E-state index is 0.0859. The van der Waals surface area contributed by atoms with E-state index >= 15 is 0 Å². The Hall–Kier alpha value is -2.45. The molecule has 5 atom stereocenters. The van der Waals surface area contributed by atoms with Crippen LogP contribution >= 0.6 is 0 Å². The molecule has 6 rings (SSSR count). The summed E-state index contributed by atoms with van der Waals surface area (Å²) in [6.07, 6.45) is 11.1. The van der Waals surface area contributed by atoms with Crippen LogP contribution in [-0.4, -0.2) is 77.4 Å². The Balaban J connectivity index is 0.000000149. The highest BCUT2D eigenvalue weighted by Gasteiger charge is 2.53. The van der Waals surface area contributed by atoms with Gasteiger partial charge in [-0.2, -0.15) is 0 Å². The third-order valence-corrected chi connectivity index (χ3v) is 8.73. The van der Waals surface area contributed by atoms with Crippen molar-refractivity contribution in [2.24, 2.45) is 11.8 Å². The smallest absolute Gasteiger partial charge is 0.255 e. The van der Waals surface area contributed by atoms with Crippen molar-refractivity contribution in [2.45, 2.75) is 82.2 Å². The first-order chi connectivity index (χ1) is 17.0. The summed E-state index contributed by atoms with van der Waals surface area (Å²) in [4.78, 5) is 39.0. The molecule has 1 aromatic rings. The molecule has 190 valence electrons. The SMILES string of the molecule is C1CCC(N2CC3C4CC[C@@H](O4)C3C2)C1.CNC(=O)C(CCC=O)N1Cc2cc(O)ccc2C1=O. The van der Waals surface area contributed by atoms with Crippen molar-refractivity contribution in [2.75, 3.05) is 20.1 Å². The van der Waals surface area contributed by atoms with Crippen LogP contribution in [0.3, 0.4) is 0 Å². The zero-order valence-corrected chi connectivity index (χ0v) is 20.5. The van der Waals surface area contributed by atoms with Gasteiger partial charge in [0.1, 0.15) is 18.1 Å². The molecule has 4 fully saturated rings. The van der Waals surface area contributed by atoms with Crippen molar-refractivity contribution in [3.8, 4) is 5.75 Å². The van der Waals surface area contributed by atoms with Crippen LogP contribution in [0, 0.1) is 11.8 Å². The van der Waals surface area contributed by atoms with Crippen LogP contribution in [0.5, 0.6) is 5.75 Å². The lowest BCUT2D eigenvalue weighted by molar-refractivity contribution is -0.125. The monoisotopic (exact) mass is 483 g/mol. The number of nitrogens with one attached hydrogen (secondary N) is 1. The standard InChI is InChI=1S/C14H16N2O4.C13H21NO/c1-15-13(19)12(3-2-6-17)16-8-9-7-10(18)4-5-11(9)14(16)20;1-2-4-9(3-1)14-7-10-11(8-14)13-6-5-12(10)15-13/h4-7,12,18H,2-3,8H2,1H3,(H,15,19);9-13H,1-8H2/t;10?,11?,12-,13?/m.1/s1. The number of aldehydes is 1. The lowest BCUT2D eigenvalue weighted by Crippen LogP contribution is -2.46. The summed E-state index contributed by atoms with van der Waals surface area (Å²) in [5.74, 6) is 1.35. The number of likely N-dealkylation sites (tertiary alicyclic amines) is 1. The van der Waals surface area contributed by atoms with Gasteiger partial charge in [-0.1, -0.05) is 12.8 Å². The van der Waals surface area contributed by atoms with Gasteiger partial charge in [0, 0.05) is 56.5 Å². The number of aromatic hydroxyl groups is 1. The Morgan fingerprint density at radius 1 is 1.17 bits per heavy atom. The summed E-state index contributed by atoms with van der Waals surface area (Å²) < 4.78 is 6.02. The number of carbonyl (C=O) groups is 3. The molecule has 0 radical (unpaired) electrons. The first-order valence-electron chi connectivity index (χ1n) is 13.2. The summed E-state index contributed by atoms with van der Waals surface area (Å²) in [6, 6.07) is 4.78. The minimum Gasteiger partial charge on any atom is -0.508 e. The third kappa shape index (κ3) is 4.70. The predicted octanol–water partition coefficient (Wildman–Crippen LogP) is 2.48. The molecule has 0 aromatic heterocycles. The van der Waals surface area contributed by atoms with Gasteiger partial charge in [0.2, 0.25) is 5.91 Å². The maximum atomic E-state index is 12.3. The fourth-order valence-electron chi connectivity index (χ4n) is 6.96. The Kier molecular flexibility index (Phi) is 7.12. The summed E-state index contributed by atoms with van der Waals surface area (Å²) in [5, 5.41) is 12.0. The first kappa shape index (κ1) is 24.3. The van der Waals surface area contributed by atoms with Gasteiger partial charge < -0.3 is 24.9 Å². The van der Waals surface area contributed by atoms with Gasteiger partial charge in [-0.3, -0.25) is 14.5 Å². The molecule has 8 nitrogen and oxygen atoms in total. The van der Waals surface area contributed by atoms with Gasteiger partial charge in [0.05, 0.1) is 12.2 Å². The first-order valence-corrected chi connectivity index (χ1v) is 13.2. The number of fused-ring (bicyclic) bond motifs is 6. The maximum Gasteiger partial charge on any atom is 0.255 e. The molecule has 2 amide bonds. The molecule has 2 bridgehead atoms. The van der Waals surface area contributed by atoms with Crippen LogP contribution in [0.25, 0.3) is 0 Å². The number of nitrogens with zero attached hydrogens (tertiary/aromatic N) is 2. The number of amides is 2. The van der Waals surface area contributed by atoms with Crippen molar-refractivity contribution in [3.63, 3.8) is 0 Å². The Morgan fingerprint density at radius 2 is 1.86 bits per heavy atom. The highest BCUT2D eigenvalue weighted by Crippen LogP contribution is 2.48. The van der Waals surface area contributed by atoms with Crippen LogP contribution < -0.4 is 5.32 Å². The number of hydrogen-bond donors (Lipinski definition) is 2. The fraction of sp³-hybridized carbons (Fsp3) is 0.667. The molecule has 3 saturated heterocycles. The van der Waals surface area contributed by atoms with E-state index in [1.165, 1.54) is 75.7 Å². The lowest BCUT2D eigenvalue weighted by atomic mass is 9.82. The molecule has 0 spiro atoms. The molecule has 4 heterocycles. The Morgan fingerprint density at radius 3 is 2.49 bits per heavy atom. The van der Waals surface area contributed by atoms with Crippen LogP contribution in [0.4, 0.5) is 0 Å². The molecule has 8 heteroatoms. The van der Waals surface area contributed by atoms with E-state index in [9.17, 15) is 19.5 Å². The van der Waals surface area contributed by atoms with Gasteiger partial charge in [-0.25, -0.2) is 0 Å². The third-order valence-electron chi connectivity index (χ3n) is 8.73. The van der Waals surface area contributed by atoms with Crippen molar-refractivity contribution in [1.82, 2.24) is 15.1 Å². The van der Waals surface area contributed by atoms with E-state index < -0.39 is 6.04 Å². The van der Waals surface area contributed by atoms with Crippen LogP contribution in [0.2, 0.25) is 0 Å². The van der Waals surface area contributed by atoms with Gasteiger partial charge in [0.25, 0.3) is 5.91 Å². The number of carbonyl (C=O) groups excluding carboxylic acids is 3. The van der Waals surface area contributed by atoms with Gasteiger partial charge in [0.15, 0.2) is 0 Å². The largest absolute Gasteiger partial charge is 0.508 e. The molecular weight excluding hydrogens is 446 g/mol. The molecule has 4 aliphatic heterocycles. The van der Waals surface area contributed by atoms with Crippen LogP contribution in [0.1, 0.15) is 67.3 Å². The predicted molar refractivity (Wildman–Crippen MR) is 130 cm³/mol. The zero-order chi connectivity index (χ0) is 24.5. The number of hydrogen-bond acceptors (Lipinski definition) is 6. The quantitative estimate of drug-likeness (QED) is 0.603. The average molecular weight is 484 g/mol. The van der Waals surface area contributed by atoms with Gasteiger partial charge in [-0.15, -0.1) is 0 Å². The topological polar surface area (TPSA) is 99.2 Å². The number of likely N-dealkylation sites (N-methyl/N-ethyl adjacent to an activating group) is 1. The second-order valence-electron chi connectivity index (χ2n) is 10.7. The van der Waals surface area contributed by atoms with E-state index in [1.807, 2.05) is 0 Å². The summed E-state index contributed by atoms with van der Waals surface area (Å²) >= 11 is 0. The number of phenols is 1. The van der Waals surface area contributed by atoms with Crippen molar-refractivity contribution < 1.29 is 24.2 Å². The van der Waals surface area contributed by atoms with E-state index in [0.29, 0.717) is 23.3 Å². The summed E-state index contributed by atoms with van der Waals surface area (Å²) in [6.45, 7) is 2.98. The fourth-order valence-corrected chi connectivity index (χ4v) is 6.96. The molecule has 35 heavy (non-hydrogen) atoms. The zero-order valence-electron chi connectivity index (χ0n) is 20.5. The van der Waals surface area contributed by atoms with E-state index in [2.05, 4.69) is 10.2 Å². The minimum atomic E-state index is -0.674. The molecule has 2 N–H and O–H groups in total. The Labute approximate surface area is 207 Å². The molecule has 1 saturated carbocycles. The lowest BCUT2D eigenvalue weighted by Gasteiger charge is -2.25.